The molecule has 1 aromatic rings. The van der Waals surface area contributed by atoms with Crippen molar-refractivity contribution in [3.05, 3.63) is 34.9 Å². The lowest BCUT2D eigenvalue weighted by molar-refractivity contribution is 0.1000. The minimum atomic E-state index is -0.408. The van der Waals surface area contributed by atoms with Crippen molar-refractivity contribution in [3.63, 3.8) is 0 Å². The standard InChI is InChI=1S/C13H20N2O2/c1-3-12(8-16)15-7-11-5-4-10(13(14)17)6-9(11)2/h4-6,12,15-16H,3,7-8H2,1-2H3,(H2,14,17). The van der Waals surface area contributed by atoms with Gasteiger partial charge in [-0.3, -0.25) is 4.79 Å². The van der Waals surface area contributed by atoms with E-state index in [9.17, 15) is 4.79 Å². The second kappa shape index (κ2) is 6.37. The summed E-state index contributed by atoms with van der Waals surface area (Å²) in [6.45, 7) is 4.79. The van der Waals surface area contributed by atoms with Gasteiger partial charge >= 0.3 is 0 Å². The van der Waals surface area contributed by atoms with E-state index in [0.717, 1.165) is 17.5 Å². The molecule has 0 spiro atoms. The Balaban J connectivity index is 2.69. The van der Waals surface area contributed by atoms with E-state index >= 15 is 0 Å². The topological polar surface area (TPSA) is 75.3 Å². The lowest BCUT2D eigenvalue weighted by atomic mass is 10.0. The van der Waals surface area contributed by atoms with Crippen LogP contribution in [0.4, 0.5) is 0 Å². The first-order valence-corrected chi connectivity index (χ1v) is 5.82. The molecule has 0 radical (unpaired) electrons. The van der Waals surface area contributed by atoms with Gasteiger partial charge in [-0.25, -0.2) is 0 Å². The van der Waals surface area contributed by atoms with E-state index < -0.39 is 5.91 Å². The first-order chi connectivity index (χ1) is 8.08. The van der Waals surface area contributed by atoms with Crippen LogP contribution in [0.15, 0.2) is 18.2 Å². The van der Waals surface area contributed by atoms with E-state index in [1.165, 1.54) is 0 Å². The molecule has 0 bridgehead atoms. The van der Waals surface area contributed by atoms with Gasteiger partial charge in [-0.2, -0.15) is 0 Å². The molecule has 4 nitrogen and oxygen atoms in total. The van der Waals surface area contributed by atoms with Crippen molar-refractivity contribution in [2.75, 3.05) is 6.61 Å². The van der Waals surface area contributed by atoms with Gasteiger partial charge in [0.25, 0.3) is 0 Å². The number of hydrogen-bond donors (Lipinski definition) is 3. The van der Waals surface area contributed by atoms with Crippen LogP contribution in [0.2, 0.25) is 0 Å². The molecule has 17 heavy (non-hydrogen) atoms. The van der Waals surface area contributed by atoms with Crippen LogP contribution in [0.3, 0.4) is 0 Å². The number of nitrogens with one attached hydrogen (secondary N) is 1. The van der Waals surface area contributed by atoms with Gasteiger partial charge in [0.1, 0.15) is 0 Å². The van der Waals surface area contributed by atoms with Crippen molar-refractivity contribution in [1.82, 2.24) is 5.32 Å². The van der Waals surface area contributed by atoms with Crippen LogP contribution >= 0.6 is 0 Å². The summed E-state index contributed by atoms with van der Waals surface area (Å²) < 4.78 is 0. The number of rotatable bonds is 6. The molecule has 0 saturated heterocycles. The lowest BCUT2D eigenvalue weighted by Crippen LogP contribution is -2.31. The molecule has 0 aliphatic heterocycles. The van der Waals surface area contributed by atoms with E-state index in [1.54, 1.807) is 12.1 Å². The van der Waals surface area contributed by atoms with Gasteiger partial charge in [0.15, 0.2) is 0 Å². The van der Waals surface area contributed by atoms with Crippen molar-refractivity contribution in [1.29, 1.82) is 0 Å². The predicted octanol–water partition coefficient (Wildman–Crippen LogP) is 0.954. The number of hydrogen-bond acceptors (Lipinski definition) is 3. The number of nitrogens with two attached hydrogens (primary N) is 1. The molecule has 0 fully saturated rings. The van der Waals surface area contributed by atoms with Crippen LogP contribution in [0.25, 0.3) is 0 Å². The van der Waals surface area contributed by atoms with Crippen molar-refractivity contribution in [2.24, 2.45) is 5.73 Å². The normalized spacial score (nSPS) is 12.4. The molecule has 4 N–H and O–H groups in total. The Morgan fingerprint density at radius 2 is 2.24 bits per heavy atom. The minimum absolute atomic E-state index is 0.116. The van der Waals surface area contributed by atoms with Crippen LogP contribution in [0.1, 0.15) is 34.8 Å². The maximum absolute atomic E-state index is 11.0. The smallest absolute Gasteiger partial charge is 0.248 e. The van der Waals surface area contributed by atoms with Crippen molar-refractivity contribution in [3.8, 4) is 0 Å². The highest BCUT2D eigenvalue weighted by Gasteiger charge is 2.07. The molecule has 0 saturated carbocycles. The molecular formula is C13H20N2O2. The summed E-state index contributed by atoms with van der Waals surface area (Å²) in [5.41, 5.74) is 7.88. The van der Waals surface area contributed by atoms with Gasteiger partial charge in [-0.1, -0.05) is 13.0 Å². The second-order valence-electron chi connectivity index (χ2n) is 4.17. The zero-order chi connectivity index (χ0) is 12.8. The summed E-state index contributed by atoms with van der Waals surface area (Å²) in [6.07, 6.45) is 0.884. The third-order valence-corrected chi connectivity index (χ3v) is 2.92. The number of amides is 1. The number of carbonyl (C=O) groups excluding carboxylic acids is 1. The molecule has 1 atom stereocenters. The van der Waals surface area contributed by atoms with Crippen LogP contribution in [-0.2, 0) is 6.54 Å². The summed E-state index contributed by atoms with van der Waals surface area (Å²) >= 11 is 0. The Labute approximate surface area is 102 Å². The molecule has 1 rings (SSSR count). The fourth-order valence-electron chi connectivity index (χ4n) is 1.64. The fourth-order valence-corrected chi connectivity index (χ4v) is 1.64. The van der Waals surface area contributed by atoms with E-state index in [0.29, 0.717) is 12.1 Å². The molecule has 1 unspecified atom stereocenters. The van der Waals surface area contributed by atoms with Gasteiger partial charge in [-0.05, 0) is 36.6 Å². The van der Waals surface area contributed by atoms with Crippen LogP contribution in [0.5, 0.6) is 0 Å². The summed E-state index contributed by atoms with van der Waals surface area (Å²) in [4.78, 5) is 11.0. The molecule has 0 aliphatic carbocycles. The monoisotopic (exact) mass is 236 g/mol. The van der Waals surface area contributed by atoms with Crippen molar-refractivity contribution in [2.45, 2.75) is 32.9 Å². The number of benzene rings is 1. The van der Waals surface area contributed by atoms with Crippen molar-refractivity contribution < 1.29 is 9.90 Å². The Morgan fingerprint density at radius 3 is 2.71 bits per heavy atom. The second-order valence-corrected chi connectivity index (χ2v) is 4.17. The highest BCUT2D eigenvalue weighted by atomic mass is 16.3. The SMILES string of the molecule is CCC(CO)NCc1ccc(C(N)=O)cc1C. The minimum Gasteiger partial charge on any atom is -0.395 e. The number of aliphatic hydroxyl groups excluding tert-OH is 1. The Morgan fingerprint density at radius 1 is 1.53 bits per heavy atom. The summed E-state index contributed by atoms with van der Waals surface area (Å²) in [6, 6.07) is 5.53. The number of aryl methyl sites for hydroxylation is 1. The fraction of sp³-hybridized carbons (Fsp3) is 0.462. The quantitative estimate of drug-likeness (QED) is 0.688. The van der Waals surface area contributed by atoms with E-state index in [1.807, 2.05) is 19.9 Å². The number of primary amides is 1. The van der Waals surface area contributed by atoms with Crippen LogP contribution in [-0.4, -0.2) is 23.7 Å². The Kier molecular flexibility index (Phi) is 5.12. The first-order valence-electron chi connectivity index (χ1n) is 5.82. The molecule has 4 heteroatoms. The van der Waals surface area contributed by atoms with Crippen LogP contribution in [0, 0.1) is 6.92 Å². The Bertz CT molecular complexity index is 387. The lowest BCUT2D eigenvalue weighted by Gasteiger charge is -2.15. The highest BCUT2D eigenvalue weighted by Crippen LogP contribution is 2.11. The average molecular weight is 236 g/mol. The Hall–Kier alpha value is -1.39. The van der Waals surface area contributed by atoms with Gasteiger partial charge in [0.05, 0.1) is 6.61 Å². The highest BCUT2D eigenvalue weighted by molar-refractivity contribution is 5.93. The van der Waals surface area contributed by atoms with Crippen molar-refractivity contribution >= 4 is 5.91 Å². The molecule has 1 amide bonds. The molecule has 0 aliphatic rings. The largest absolute Gasteiger partial charge is 0.395 e. The van der Waals surface area contributed by atoms with E-state index in [4.69, 9.17) is 10.8 Å². The summed E-state index contributed by atoms with van der Waals surface area (Å²) in [7, 11) is 0. The maximum atomic E-state index is 11.0. The zero-order valence-corrected chi connectivity index (χ0v) is 10.4. The van der Waals surface area contributed by atoms with Gasteiger partial charge in [0.2, 0.25) is 5.91 Å². The average Bonchev–Trinajstić information content (AvgIpc) is 2.31. The van der Waals surface area contributed by atoms with E-state index in [-0.39, 0.29) is 12.6 Å². The molecule has 0 aromatic heterocycles. The van der Waals surface area contributed by atoms with Gasteiger partial charge in [-0.15, -0.1) is 0 Å². The third kappa shape index (κ3) is 3.84. The molecular weight excluding hydrogens is 216 g/mol. The molecule has 0 heterocycles. The predicted molar refractivity (Wildman–Crippen MR) is 67.7 cm³/mol. The van der Waals surface area contributed by atoms with E-state index in [2.05, 4.69) is 5.32 Å². The maximum Gasteiger partial charge on any atom is 0.248 e. The molecule has 94 valence electrons. The summed E-state index contributed by atoms with van der Waals surface area (Å²) in [5.74, 6) is -0.408. The number of aliphatic hydroxyl groups is 1. The van der Waals surface area contributed by atoms with Gasteiger partial charge in [0, 0.05) is 18.2 Å². The first kappa shape index (κ1) is 13.7. The van der Waals surface area contributed by atoms with Gasteiger partial charge < -0.3 is 16.2 Å². The molecule has 1 aromatic carbocycles. The zero-order valence-electron chi connectivity index (χ0n) is 10.4. The third-order valence-electron chi connectivity index (χ3n) is 2.92. The number of carbonyl (C=O) groups is 1. The van der Waals surface area contributed by atoms with Crippen LogP contribution < -0.4 is 11.1 Å². The summed E-state index contributed by atoms with van der Waals surface area (Å²) in [5, 5.41) is 12.3.